The average Bonchev–Trinajstić information content (AvgIpc) is 2.24. The molecular weight excluding hydrogens is 222 g/mol. The van der Waals surface area contributed by atoms with E-state index < -0.39 is 11.9 Å². The molecule has 17 heavy (non-hydrogen) atoms. The highest BCUT2D eigenvalue weighted by Gasteiger charge is 2.20. The average molecular weight is 247 g/mol. The van der Waals surface area contributed by atoms with E-state index in [9.17, 15) is 9.59 Å². The molecular formula is C10H25N5O2. The molecule has 0 aromatic heterocycles. The van der Waals surface area contributed by atoms with Gasteiger partial charge in [0.05, 0.1) is 0 Å². The van der Waals surface area contributed by atoms with Crippen molar-refractivity contribution in [3.63, 3.8) is 0 Å². The van der Waals surface area contributed by atoms with E-state index in [1.807, 2.05) is 0 Å². The molecule has 0 saturated carbocycles. The minimum absolute atomic E-state index is 0. The Labute approximate surface area is 104 Å². The summed E-state index contributed by atoms with van der Waals surface area (Å²) in [5.74, 6) is -0.738. The van der Waals surface area contributed by atoms with Crippen LogP contribution in [0.1, 0.15) is 21.8 Å². The van der Waals surface area contributed by atoms with E-state index in [4.69, 9.17) is 0 Å². The van der Waals surface area contributed by atoms with Crippen molar-refractivity contribution < 1.29 is 9.59 Å². The number of nitrogens with one attached hydrogen (secondary N) is 1. The number of ketones is 1. The Balaban J connectivity index is -0.000000123. The number of hydrogen-bond acceptors (Lipinski definition) is 6. The number of Topliss-reactive ketones (excluding diaryl/α,β-unsaturated/α-hetero) is 1. The van der Waals surface area contributed by atoms with Crippen molar-refractivity contribution in [3.05, 3.63) is 0 Å². The fourth-order valence-electron chi connectivity index (χ4n) is 0.571. The van der Waals surface area contributed by atoms with Gasteiger partial charge in [0.15, 0.2) is 5.78 Å². The van der Waals surface area contributed by atoms with Gasteiger partial charge >= 0.3 is 0 Å². The second kappa shape index (κ2) is 16.8. The molecule has 0 radical (unpaired) electrons. The Kier molecular flexibility index (Phi) is 24.2. The van der Waals surface area contributed by atoms with Gasteiger partial charge in [-0.05, 0) is 6.92 Å². The Morgan fingerprint density at radius 2 is 1.41 bits per heavy atom. The summed E-state index contributed by atoms with van der Waals surface area (Å²) in [6, 6.07) is -0.981. The van der Waals surface area contributed by atoms with Crippen LogP contribution in [0, 0.1) is 0 Å². The molecule has 0 aliphatic rings. The van der Waals surface area contributed by atoms with Gasteiger partial charge in [-0.15, -0.1) is 0 Å². The molecule has 102 valence electrons. The number of amides is 1. The van der Waals surface area contributed by atoms with Crippen molar-refractivity contribution in [1.29, 1.82) is 0 Å². The van der Waals surface area contributed by atoms with Gasteiger partial charge in [-0.1, -0.05) is 14.9 Å². The second-order valence-corrected chi connectivity index (χ2v) is 2.34. The lowest BCUT2D eigenvalue weighted by Gasteiger charge is -2.03. The zero-order chi connectivity index (χ0) is 12.3. The monoisotopic (exact) mass is 247 g/mol. The van der Waals surface area contributed by atoms with Crippen LogP contribution in [0.2, 0.25) is 0 Å². The van der Waals surface area contributed by atoms with Crippen molar-refractivity contribution in [2.75, 3.05) is 28.2 Å². The largest absolute Gasteiger partial charge is 0.357 e. The maximum atomic E-state index is 10.9. The quantitative estimate of drug-likeness (QED) is 0.607. The van der Waals surface area contributed by atoms with Crippen LogP contribution in [-0.2, 0) is 9.59 Å². The molecule has 0 heterocycles. The molecule has 1 atom stereocenters. The van der Waals surface area contributed by atoms with Crippen LogP contribution in [0.5, 0.6) is 0 Å². The third-order valence-corrected chi connectivity index (χ3v) is 1.31. The van der Waals surface area contributed by atoms with Crippen molar-refractivity contribution in [2.24, 2.45) is 20.5 Å². The number of carbonyl (C=O) groups is 2. The van der Waals surface area contributed by atoms with Crippen molar-refractivity contribution in [2.45, 2.75) is 27.8 Å². The number of azo groups is 2. The molecule has 7 heteroatoms. The number of carbonyl (C=O) groups excluding carboxylic acids is 2. The highest BCUT2D eigenvalue weighted by atomic mass is 16.2. The molecule has 0 fully saturated rings. The number of hydrogen-bond donors (Lipinski definition) is 1. The Morgan fingerprint density at radius 1 is 1.00 bits per heavy atom. The van der Waals surface area contributed by atoms with Crippen LogP contribution in [0.4, 0.5) is 0 Å². The lowest BCUT2D eigenvalue weighted by Crippen LogP contribution is -2.35. The first-order valence-corrected chi connectivity index (χ1v) is 4.24. The number of nitrogens with zero attached hydrogens (tertiary/aromatic N) is 4. The first-order chi connectivity index (χ1) is 7.04. The fraction of sp³-hybridized carbons (Fsp3) is 0.800. The molecule has 1 amide bonds. The summed E-state index contributed by atoms with van der Waals surface area (Å²) in [6.07, 6.45) is 0. The number of likely N-dealkylation sites (N-methyl/N-ethyl adjacent to an activating group) is 1. The summed E-state index contributed by atoms with van der Waals surface area (Å²) in [5, 5.41) is 15.9. The lowest BCUT2D eigenvalue weighted by molar-refractivity contribution is -0.128. The Morgan fingerprint density at radius 3 is 1.59 bits per heavy atom. The van der Waals surface area contributed by atoms with Crippen molar-refractivity contribution >= 4 is 11.7 Å². The molecule has 0 aromatic rings. The van der Waals surface area contributed by atoms with E-state index in [-0.39, 0.29) is 20.6 Å². The van der Waals surface area contributed by atoms with Gasteiger partial charge in [-0.3, -0.25) is 9.59 Å². The van der Waals surface area contributed by atoms with Crippen LogP contribution < -0.4 is 5.32 Å². The SMILES string of the molecule is C.C.CN=NC.CN=NC(C(C)=O)C(=O)NC. The molecule has 0 bridgehead atoms. The van der Waals surface area contributed by atoms with Gasteiger partial charge in [-0.2, -0.15) is 20.5 Å². The first-order valence-electron chi connectivity index (χ1n) is 4.24. The molecule has 0 rings (SSSR count). The van der Waals surface area contributed by atoms with E-state index >= 15 is 0 Å². The van der Waals surface area contributed by atoms with Crippen LogP contribution in [0.15, 0.2) is 20.5 Å². The summed E-state index contributed by atoms with van der Waals surface area (Å²) in [4.78, 5) is 21.6. The van der Waals surface area contributed by atoms with E-state index in [1.54, 1.807) is 14.1 Å². The third kappa shape index (κ3) is 14.3. The molecule has 0 spiro atoms. The highest BCUT2D eigenvalue weighted by molar-refractivity contribution is 6.04. The zero-order valence-electron chi connectivity index (χ0n) is 9.68. The molecule has 0 aliphatic heterocycles. The Bertz CT molecular complexity index is 247. The normalized spacial score (nSPS) is 10.6. The summed E-state index contributed by atoms with van der Waals surface area (Å²) in [5.41, 5.74) is 0. The lowest BCUT2D eigenvalue weighted by atomic mass is 10.2. The van der Waals surface area contributed by atoms with Gasteiger partial charge < -0.3 is 5.32 Å². The predicted molar refractivity (Wildman–Crippen MR) is 69.5 cm³/mol. The van der Waals surface area contributed by atoms with E-state index in [2.05, 4.69) is 25.8 Å². The minimum Gasteiger partial charge on any atom is -0.357 e. The second-order valence-electron chi connectivity index (χ2n) is 2.34. The van der Waals surface area contributed by atoms with Crippen molar-refractivity contribution in [3.8, 4) is 0 Å². The van der Waals surface area contributed by atoms with E-state index in [0.29, 0.717) is 0 Å². The van der Waals surface area contributed by atoms with Crippen LogP contribution in [0.3, 0.4) is 0 Å². The molecule has 0 aliphatic carbocycles. The van der Waals surface area contributed by atoms with Gasteiger partial charge in [0.25, 0.3) is 5.91 Å². The van der Waals surface area contributed by atoms with Crippen LogP contribution >= 0.6 is 0 Å². The summed E-state index contributed by atoms with van der Waals surface area (Å²) < 4.78 is 0. The van der Waals surface area contributed by atoms with Crippen LogP contribution in [-0.4, -0.2) is 45.9 Å². The molecule has 0 saturated heterocycles. The summed E-state index contributed by atoms with van der Waals surface area (Å²) >= 11 is 0. The topological polar surface area (TPSA) is 95.6 Å². The molecule has 0 aromatic carbocycles. The maximum Gasteiger partial charge on any atom is 0.254 e. The van der Waals surface area contributed by atoms with Gasteiger partial charge in [0, 0.05) is 28.2 Å². The standard InChI is InChI=1S/C6H11N3O2.C2H6N2.2CH4/c1-4(10)5(9-8-3)6(11)7-2;1-3-4-2;;/h5H,1-3H3,(H,7,11);1-2H3;2*1H4. The number of rotatable bonds is 3. The maximum absolute atomic E-state index is 10.9. The molecule has 1 N–H and O–H groups in total. The van der Waals surface area contributed by atoms with Crippen molar-refractivity contribution in [1.82, 2.24) is 5.32 Å². The molecule has 7 nitrogen and oxygen atoms in total. The zero-order valence-corrected chi connectivity index (χ0v) is 9.68. The summed E-state index contributed by atoms with van der Waals surface area (Å²) in [6.45, 7) is 1.30. The van der Waals surface area contributed by atoms with E-state index in [1.165, 1.54) is 21.0 Å². The minimum atomic E-state index is -0.981. The Hall–Kier alpha value is -1.66. The van der Waals surface area contributed by atoms with Gasteiger partial charge in [-0.25, -0.2) is 0 Å². The highest BCUT2D eigenvalue weighted by Crippen LogP contribution is 1.93. The van der Waals surface area contributed by atoms with Gasteiger partial charge in [0.2, 0.25) is 6.04 Å². The van der Waals surface area contributed by atoms with Gasteiger partial charge in [0.1, 0.15) is 0 Å². The first kappa shape index (κ1) is 24.5. The third-order valence-electron chi connectivity index (χ3n) is 1.31. The predicted octanol–water partition coefficient (Wildman–Crippen LogP) is 1.74. The van der Waals surface area contributed by atoms with Crippen LogP contribution in [0.25, 0.3) is 0 Å². The van der Waals surface area contributed by atoms with E-state index in [0.717, 1.165) is 0 Å². The summed E-state index contributed by atoms with van der Waals surface area (Å²) in [7, 11) is 6.14. The molecule has 1 unspecified atom stereocenters. The smallest absolute Gasteiger partial charge is 0.254 e. The fourth-order valence-corrected chi connectivity index (χ4v) is 0.571.